The lowest BCUT2D eigenvalue weighted by molar-refractivity contribution is 0.735. The van der Waals surface area contributed by atoms with Gasteiger partial charge in [-0.05, 0) is 25.0 Å². The molecular weight excluding hydrogens is 162 g/mol. The molecule has 0 bridgehead atoms. The third kappa shape index (κ3) is 3.03. The average molecular weight is 179 g/mol. The molecule has 0 amide bonds. The molecule has 0 aliphatic heterocycles. The molecule has 72 valence electrons. The Morgan fingerprint density at radius 2 is 2.15 bits per heavy atom. The summed E-state index contributed by atoms with van der Waals surface area (Å²) in [6.07, 6.45) is 2.78. The van der Waals surface area contributed by atoms with Crippen LogP contribution in [0, 0.1) is 0 Å². The van der Waals surface area contributed by atoms with Gasteiger partial charge in [-0.15, -0.1) is 0 Å². The van der Waals surface area contributed by atoms with Crippen LogP contribution in [0.2, 0.25) is 0 Å². The van der Waals surface area contributed by atoms with Crippen molar-refractivity contribution in [2.24, 2.45) is 5.73 Å². The minimum absolute atomic E-state index is 0.201. The molecule has 0 radical (unpaired) electrons. The quantitative estimate of drug-likeness (QED) is 0.753. The Labute approximate surface area is 79.6 Å². The monoisotopic (exact) mass is 179 g/mol. The van der Waals surface area contributed by atoms with Crippen molar-refractivity contribution in [1.29, 1.82) is 0 Å². The van der Waals surface area contributed by atoms with Crippen molar-refractivity contribution in [1.82, 2.24) is 4.98 Å². The number of hydrogen-bond donors (Lipinski definition) is 1. The summed E-state index contributed by atoms with van der Waals surface area (Å²) >= 11 is 0. The predicted octanol–water partition coefficient (Wildman–Crippen LogP) is 1.04. The van der Waals surface area contributed by atoms with Crippen molar-refractivity contribution in [3.05, 3.63) is 23.9 Å². The van der Waals surface area contributed by atoms with Crippen molar-refractivity contribution in [2.75, 3.05) is 19.0 Å². The number of hydrogen-bond acceptors (Lipinski definition) is 3. The zero-order chi connectivity index (χ0) is 9.84. The highest BCUT2D eigenvalue weighted by molar-refractivity contribution is 5.37. The largest absolute Gasteiger partial charge is 0.363 e. The van der Waals surface area contributed by atoms with Crippen LogP contribution < -0.4 is 10.6 Å². The first-order valence-electron chi connectivity index (χ1n) is 4.47. The first-order chi connectivity index (χ1) is 6.09. The summed E-state index contributed by atoms with van der Waals surface area (Å²) in [5, 5.41) is 0. The molecule has 0 saturated heterocycles. The molecule has 0 unspecified atom stereocenters. The van der Waals surface area contributed by atoms with E-state index < -0.39 is 0 Å². The maximum absolute atomic E-state index is 5.68. The van der Waals surface area contributed by atoms with E-state index in [0.717, 1.165) is 12.2 Å². The molecule has 2 N–H and O–H groups in total. The standard InChI is InChI=1S/C10H17N3/c1-8(11)6-9-4-5-10(12-7-9)13(2)3/h4-5,7-8H,6,11H2,1-3H3/t8-/m1/s1. The fourth-order valence-electron chi connectivity index (χ4n) is 1.17. The van der Waals surface area contributed by atoms with Gasteiger partial charge in [0.05, 0.1) is 0 Å². The lowest BCUT2D eigenvalue weighted by Gasteiger charge is -2.11. The predicted molar refractivity (Wildman–Crippen MR) is 55.9 cm³/mol. The van der Waals surface area contributed by atoms with Crippen molar-refractivity contribution in [3.63, 3.8) is 0 Å². The molecule has 0 aliphatic rings. The summed E-state index contributed by atoms with van der Waals surface area (Å²) in [4.78, 5) is 6.28. The van der Waals surface area contributed by atoms with E-state index in [1.165, 1.54) is 5.56 Å². The van der Waals surface area contributed by atoms with Gasteiger partial charge in [-0.2, -0.15) is 0 Å². The first kappa shape index (κ1) is 9.99. The maximum Gasteiger partial charge on any atom is 0.127 e. The number of rotatable bonds is 3. The molecule has 0 fully saturated rings. The summed E-state index contributed by atoms with van der Waals surface area (Å²) in [5.41, 5.74) is 6.88. The number of nitrogens with two attached hydrogens (primary N) is 1. The number of anilines is 1. The molecule has 0 aliphatic carbocycles. The fourth-order valence-corrected chi connectivity index (χ4v) is 1.17. The molecule has 3 heteroatoms. The van der Waals surface area contributed by atoms with Crippen molar-refractivity contribution >= 4 is 5.82 Å². The molecule has 1 aromatic heterocycles. The van der Waals surface area contributed by atoms with E-state index in [-0.39, 0.29) is 6.04 Å². The first-order valence-corrected chi connectivity index (χ1v) is 4.47. The van der Waals surface area contributed by atoms with E-state index in [0.29, 0.717) is 0 Å². The zero-order valence-corrected chi connectivity index (χ0v) is 8.49. The Bertz CT molecular complexity index is 251. The molecule has 3 nitrogen and oxygen atoms in total. The van der Waals surface area contributed by atoms with Crippen LogP contribution in [-0.4, -0.2) is 25.1 Å². The van der Waals surface area contributed by atoms with Crippen LogP contribution in [-0.2, 0) is 6.42 Å². The van der Waals surface area contributed by atoms with Crippen LogP contribution in [0.5, 0.6) is 0 Å². The second kappa shape index (κ2) is 4.23. The molecule has 1 heterocycles. The summed E-state index contributed by atoms with van der Waals surface area (Å²) in [6.45, 7) is 2.00. The highest BCUT2D eigenvalue weighted by Gasteiger charge is 1.99. The van der Waals surface area contributed by atoms with Gasteiger partial charge < -0.3 is 10.6 Å². The Morgan fingerprint density at radius 1 is 1.46 bits per heavy atom. The van der Waals surface area contributed by atoms with Crippen molar-refractivity contribution in [2.45, 2.75) is 19.4 Å². The molecule has 1 atom stereocenters. The highest BCUT2D eigenvalue weighted by atomic mass is 15.1. The van der Waals surface area contributed by atoms with Crippen molar-refractivity contribution in [3.8, 4) is 0 Å². The van der Waals surface area contributed by atoms with Crippen LogP contribution in [0.3, 0.4) is 0 Å². The van der Waals surface area contributed by atoms with Gasteiger partial charge in [-0.3, -0.25) is 0 Å². The minimum Gasteiger partial charge on any atom is -0.363 e. The fraction of sp³-hybridized carbons (Fsp3) is 0.500. The number of nitrogens with zero attached hydrogens (tertiary/aromatic N) is 2. The summed E-state index contributed by atoms with van der Waals surface area (Å²) in [7, 11) is 3.96. The van der Waals surface area contributed by atoms with E-state index in [9.17, 15) is 0 Å². The SMILES string of the molecule is C[C@@H](N)Cc1ccc(N(C)C)nc1. The molecule has 1 aromatic rings. The minimum atomic E-state index is 0.201. The van der Waals surface area contributed by atoms with Gasteiger partial charge in [0.1, 0.15) is 5.82 Å². The van der Waals surface area contributed by atoms with E-state index >= 15 is 0 Å². The Morgan fingerprint density at radius 3 is 2.54 bits per heavy atom. The van der Waals surface area contributed by atoms with E-state index in [4.69, 9.17) is 5.73 Å². The second-order valence-electron chi connectivity index (χ2n) is 3.60. The topological polar surface area (TPSA) is 42.1 Å². The van der Waals surface area contributed by atoms with E-state index in [1.54, 1.807) is 0 Å². The number of aromatic nitrogens is 1. The Hall–Kier alpha value is -1.09. The summed E-state index contributed by atoms with van der Waals surface area (Å²) < 4.78 is 0. The zero-order valence-electron chi connectivity index (χ0n) is 8.49. The van der Waals surface area contributed by atoms with Gasteiger partial charge in [0, 0.05) is 26.3 Å². The van der Waals surface area contributed by atoms with Gasteiger partial charge in [0.25, 0.3) is 0 Å². The summed E-state index contributed by atoms with van der Waals surface area (Å²) in [6, 6.07) is 4.29. The Kier molecular flexibility index (Phi) is 3.25. The molecule has 13 heavy (non-hydrogen) atoms. The molecule has 0 aromatic carbocycles. The van der Waals surface area contributed by atoms with Crippen LogP contribution in [0.25, 0.3) is 0 Å². The smallest absolute Gasteiger partial charge is 0.127 e. The van der Waals surface area contributed by atoms with Gasteiger partial charge in [0.15, 0.2) is 0 Å². The maximum atomic E-state index is 5.68. The summed E-state index contributed by atoms with van der Waals surface area (Å²) in [5.74, 6) is 0.980. The Balaban J connectivity index is 2.70. The van der Waals surface area contributed by atoms with Crippen LogP contribution >= 0.6 is 0 Å². The highest BCUT2D eigenvalue weighted by Crippen LogP contribution is 2.08. The normalized spacial score (nSPS) is 12.6. The van der Waals surface area contributed by atoms with Crippen LogP contribution in [0.1, 0.15) is 12.5 Å². The van der Waals surface area contributed by atoms with Crippen LogP contribution in [0.4, 0.5) is 5.82 Å². The molecule has 0 spiro atoms. The van der Waals surface area contributed by atoms with Gasteiger partial charge in [-0.25, -0.2) is 4.98 Å². The van der Waals surface area contributed by atoms with Gasteiger partial charge in [0.2, 0.25) is 0 Å². The third-order valence-electron chi connectivity index (χ3n) is 1.83. The lowest BCUT2D eigenvalue weighted by Crippen LogP contribution is -2.18. The molecule has 1 rings (SSSR count). The number of pyridine rings is 1. The average Bonchev–Trinajstić information content (AvgIpc) is 2.04. The second-order valence-corrected chi connectivity index (χ2v) is 3.60. The van der Waals surface area contributed by atoms with Crippen molar-refractivity contribution < 1.29 is 0 Å². The van der Waals surface area contributed by atoms with Crippen LogP contribution in [0.15, 0.2) is 18.3 Å². The van der Waals surface area contributed by atoms with Gasteiger partial charge in [-0.1, -0.05) is 6.07 Å². The van der Waals surface area contributed by atoms with E-state index in [2.05, 4.69) is 11.1 Å². The molecular formula is C10H17N3. The lowest BCUT2D eigenvalue weighted by atomic mass is 10.1. The third-order valence-corrected chi connectivity index (χ3v) is 1.83. The van der Waals surface area contributed by atoms with E-state index in [1.807, 2.05) is 38.2 Å². The van der Waals surface area contributed by atoms with Gasteiger partial charge >= 0.3 is 0 Å². The molecule has 0 saturated carbocycles.